The summed E-state index contributed by atoms with van der Waals surface area (Å²) in [6.07, 6.45) is 4.95. The standard InChI is InChI=1S/C25H46O3Si/c1-16-10-17(2)19-12-21(28-29(8,9)23(3,4)5)22-24(6,15-26)13-18(27)14-25(22,7)20(19)11-16/h16-17,19-22,26H,10-15H2,1-9H3/t16-,17+,19+,20+,21-,22+,24-,25-/m0/s1. The molecular formula is C25H46O3Si. The first kappa shape index (κ1) is 23.5. The molecule has 0 saturated heterocycles. The maximum absolute atomic E-state index is 12.9. The Balaban J connectivity index is 2.08. The Morgan fingerprint density at radius 1 is 1.10 bits per heavy atom. The largest absolute Gasteiger partial charge is 0.414 e. The summed E-state index contributed by atoms with van der Waals surface area (Å²) >= 11 is 0. The summed E-state index contributed by atoms with van der Waals surface area (Å²) in [6, 6.07) is 0. The van der Waals surface area contributed by atoms with E-state index in [1.165, 1.54) is 12.8 Å². The lowest BCUT2D eigenvalue weighted by molar-refractivity contribution is -0.191. The molecule has 1 N–H and O–H groups in total. The lowest BCUT2D eigenvalue weighted by atomic mass is 9.42. The number of hydrogen-bond acceptors (Lipinski definition) is 3. The van der Waals surface area contributed by atoms with E-state index in [-0.39, 0.29) is 34.5 Å². The molecular weight excluding hydrogens is 376 g/mol. The van der Waals surface area contributed by atoms with Crippen molar-refractivity contribution in [1.82, 2.24) is 0 Å². The van der Waals surface area contributed by atoms with Crippen molar-refractivity contribution in [3.8, 4) is 0 Å². The van der Waals surface area contributed by atoms with Crippen LogP contribution in [0.2, 0.25) is 18.1 Å². The molecule has 0 amide bonds. The van der Waals surface area contributed by atoms with Crippen molar-refractivity contribution in [2.75, 3.05) is 6.61 Å². The molecule has 168 valence electrons. The number of Topliss-reactive ketones (excluding diaryl/α,β-unsaturated/α-hetero) is 1. The molecule has 0 aromatic rings. The molecule has 0 bridgehead atoms. The predicted octanol–water partition coefficient (Wildman–Crippen LogP) is 6.06. The van der Waals surface area contributed by atoms with Crippen LogP contribution < -0.4 is 0 Å². The van der Waals surface area contributed by atoms with E-state index >= 15 is 0 Å². The monoisotopic (exact) mass is 422 g/mol. The molecule has 0 spiro atoms. The maximum atomic E-state index is 12.9. The third-order valence-electron chi connectivity index (χ3n) is 9.66. The zero-order valence-corrected chi connectivity index (χ0v) is 21.5. The Kier molecular flexibility index (Phi) is 6.03. The van der Waals surface area contributed by atoms with Gasteiger partial charge in [0.15, 0.2) is 8.32 Å². The highest BCUT2D eigenvalue weighted by Gasteiger charge is 2.63. The van der Waals surface area contributed by atoms with Crippen LogP contribution >= 0.6 is 0 Å². The molecule has 0 heterocycles. The molecule has 0 aliphatic heterocycles. The SMILES string of the molecule is C[C@H]1C[C@@H](C)[C@H]2C[C@H](O[Si](C)(C)C(C)(C)C)[C@@H]3[C@](C)(CO)CC(=O)C[C@@]3(C)[C@@H]2C1. The van der Waals surface area contributed by atoms with Crippen LogP contribution in [0.5, 0.6) is 0 Å². The van der Waals surface area contributed by atoms with Gasteiger partial charge in [0.05, 0.1) is 0 Å². The van der Waals surface area contributed by atoms with Gasteiger partial charge < -0.3 is 9.53 Å². The molecule has 3 fully saturated rings. The molecule has 3 aliphatic carbocycles. The zero-order valence-electron chi connectivity index (χ0n) is 20.5. The third-order valence-corrected chi connectivity index (χ3v) is 14.2. The molecule has 0 radical (unpaired) electrons. The van der Waals surface area contributed by atoms with Crippen LogP contribution in [0, 0.1) is 40.4 Å². The van der Waals surface area contributed by atoms with E-state index in [1.54, 1.807) is 0 Å². The van der Waals surface area contributed by atoms with E-state index in [2.05, 4.69) is 61.6 Å². The molecule has 3 nitrogen and oxygen atoms in total. The lowest BCUT2D eigenvalue weighted by Crippen LogP contribution is -2.64. The Morgan fingerprint density at radius 2 is 1.72 bits per heavy atom. The summed E-state index contributed by atoms with van der Waals surface area (Å²) in [6.45, 7) is 21.1. The van der Waals surface area contributed by atoms with Gasteiger partial charge in [-0.3, -0.25) is 4.79 Å². The average molecular weight is 423 g/mol. The van der Waals surface area contributed by atoms with Gasteiger partial charge in [-0.2, -0.15) is 0 Å². The van der Waals surface area contributed by atoms with Crippen LogP contribution in [-0.2, 0) is 9.22 Å². The number of carbonyl (C=O) groups excluding carboxylic acids is 1. The zero-order chi connectivity index (χ0) is 22.0. The summed E-state index contributed by atoms with van der Waals surface area (Å²) in [5, 5.41) is 10.7. The summed E-state index contributed by atoms with van der Waals surface area (Å²) in [5.74, 6) is 3.21. The molecule has 8 atom stereocenters. The summed E-state index contributed by atoms with van der Waals surface area (Å²) in [4.78, 5) is 12.9. The topological polar surface area (TPSA) is 46.5 Å². The number of aliphatic hydroxyl groups excluding tert-OH is 1. The Bertz CT molecular complexity index is 638. The van der Waals surface area contributed by atoms with Gasteiger partial charge in [0.1, 0.15) is 5.78 Å². The van der Waals surface area contributed by atoms with Gasteiger partial charge in [0, 0.05) is 31.0 Å². The first-order chi connectivity index (χ1) is 13.1. The molecule has 3 rings (SSSR count). The number of aliphatic hydroxyl groups is 1. The minimum atomic E-state index is -1.95. The molecule has 0 aromatic heterocycles. The van der Waals surface area contributed by atoms with E-state index < -0.39 is 8.32 Å². The van der Waals surface area contributed by atoms with Gasteiger partial charge in [-0.25, -0.2) is 0 Å². The van der Waals surface area contributed by atoms with Gasteiger partial charge in [-0.1, -0.05) is 48.5 Å². The van der Waals surface area contributed by atoms with E-state index in [9.17, 15) is 9.90 Å². The lowest BCUT2D eigenvalue weighted by Gasteiger charge is -2.65. The van der Waals surface area contributed by atoms with Crippen molar-refractivity contribution in [2.24, 2.45) is 40.4 Å². The van der Waals surface area contributed by atoms with Gasteiger partial charge in [-0.05, 0) is 72.4 Å². The number of fused-ring (bicyclic) bond motifs is 3. The summed E-state index contributed by atoms with van der Waals surface area (Å²) < 4.78 is 7.15. The van der Waals surface area contributed by atoms with Crippen LogP contribution in [0.4, 0.5) is 0 Å². The number of hydrogen-bond donors (Lipinski definition) is 1. The smallest absolute Gasteiger partial charge is 0.192 e. The van der Waals surface area contributed by atoms with Crippen LogP contribution in [-0.4, -0.2) is 31.9 Å². The fourth-order valence-electron chi connectivity index (χ4n) is 7.48. The summed E-state index contributed by atoms with van der Waals surface area (Å²) in [5.41, 5.74) is -0.433. The number of carbonyl (C=O) groups is 1. The van der Waals surface area contributed by atoms with Crippen molar-refractivity contribution in [3.63, 3.8) is 0 Å². The van der Waals surface area contributed by atoms with Crippen molar-refractivity contribution >= 4 is 14.1 Å². The van der Waals surface area contributed by atoms with Crippen molar-refractivity contribution < 1.29 is 14.3 Å². The Labute approximate surface area is 180 Å². The van der Waals surface area contributed by atoms with Gasteiger partial charge >= 0.3 is 0 Å². The predicted molar refractivity (Wildman–Crippen MR) is 122 cm³/mol. The van der Waals surface area contributed by atoms with Crippen LogP contribution in [0.15, 0.2) is 0 Å². The van der Waals surface area contributed by atoms with E-state index in [0.717, 1.165) is 12.3 Å². The molecule has 4 heteroatoms. The minimum absolute atomic E-state index is 0.0638. The molecule has 29 heavy (non-hydrogen) atoms. The van der Waals surface area contributed by atoms with Crippen molar-refractivity contribution in [2.45, 2.75) is 105 Å². The fraction of sp³-hybridized carbons (Fsp3) is 0.960. The maximum Gasteiger partial charge on any atom is 0.192 e. The van der Waals surface area contributed by atoms with E-state index in [0.29, 0.717) is 36.4 Å². The highest BCUT2D eigenvalue weighted by Crippen LogP contribution is 2.65. The highest BCUT2D eigenvalue weighted by molar-refractivity contribution is 6.74. The number of rotatable bonds is 3. The summed E-state index contributed by atoms with van der Waals surface area (Å²) in [7, 11) is -1.95. The molecule has 0 unspecified atom stereocenters. The Morgan fingerprint density at radius 3 is 2.28 bits per heavy atom. The minimum Gasteiger partial charge on any atom is -0.414 e. The normalized spacial score (nSPS) is 46.2. The van der Waals surface area contributed by atoms with Crippen molar-refractivity contribution in [3.05, 3.63) is 0 Å². The Hall–Kier alpha value is -0.193. The second-order valence-electron chi connectivity index (χ2n) is 13.2. The van der Waals surface area contributed by atoms with Gasteiger partial charge in [-0.15, -0.1) is 0 Å². The third kappa shape index (κ3) is 3.91. The molecule has 3 saturated carbocycles. The number of ketones is 1. The fourth-order valence-corrected chi connectivity index (χ4v) is 8.83. The van der Waals surface area contributed by atoms with E-state index in [4.69, 9.17) is 4.43 Å². The van der Waals surface area contributed by atoms with Crippen molar-refractivity contribution in [1.29, 1.82) is 0 Å². The van der Waals surface area contributed by atoms with Crippen LogP contribution in [0.25, 0.3) is 0 Å². The first-order valence-electron chi connectivity index (χ1n) is 11.9. The second kappa shape index (κ2) is 7.45. The van der Waals surface area contributed by atoms with Gasteiger partial charge in [0.25, 0.3) is 0 Å². The average Bonchev–Trinajstić information content (AvgIpc) is 2.53. The second-order valence-corrected chi connectivity index (χ2v) is 17.9. The highest BCUT2D eigenvalue weighted by atomic mass is 28.4. The first-order valence-corrected chi connectivity index (χ1v) is 14.9. The van der Waals surface area contributed by atoms with E-state index in [1.807, 2.05) is 0 Å². The van der Waals surface area contributed by atoms with Gasteiger partial charge in [0.2, 0.25) is 0 Å². The molecule has 0 aromatic carbocycles. The quantitative estimate of drug-likeness (QED) is 0.562. The van der Waals surface area contributed by atoms with Crippen LogP contribution in [0.1, 0.15) is 80.6 Å². The molecule has 3 aliphatic rings. The van der Waals surface area contributed by atoms with Crippen LogP contribution in [0.3, 0.4) is 0 Å².